The number of ether oxygens (including phenoxy) is 1. The molecule has 0 aromatic heterocycles. The maximum atomic E-state index is 12.9. The summed E-state index contributed by atoms with van der Waals surface area (Å²) in [7, 11) is -3.52. The van der Waals surface area contributed by atoms with Gasteiger partial charge < -0.3 is 10.1 Å². The highest BCUT2D eigenvalue weighted by Crippen LogP contribution is 2.23. The van der Waals surface area contributed by atoms with Crippen LogP contribution in [0.2, 0.25) is 5.02 Å². The minimum atomic E-state index is -3.52. The molecule has 1 amide bonds. The fourth-order valence-corrected chi connectivity index (χ4v) is 6.26. The van der Waals surface area contributed by atoms with E-state index in [9.17, 15) is 13.2 Å². The van der Waals surface area contributed by atoms with E-state index >= 15 is 0 Å². The van der Waals surface area contributed by atoms with Crippen molar-refractivity contribution in [1.29, 1.82) is 0 Å². The van der Waals surface area contributed by atoms with Crippen molar-refractivity contribution in [2.75, 3.05) is 39.4 Å². The number of sulfonamides is 1. The first-order chi connectivity index (χ1) is 16.4. The van der Waals surface area contributed by atoms with E-state index in [0.29, 0.717) is 36.5 Å². The van der Waals surface area contributed by atoms with Crippen LogP contribution in [-0.2, 0) is 38.4 Å². The predicted octanol–water partition coefficient (Wildman–Crippen LogP) is 3.03. The molecule has 1 N–H and O–H groups in total. The molecule has 0 spiro atoms. The maximum Gasteiger partial charge on any atom is 0.224 e. The summed E-state index contributed by atoms with van der Waals surface area (Å²) >= 11 is 5.99. The first kappa shape index (κ1) is 25.1. The highest BCUT2D eigenvalue weighted by Gasteiger charge is 2.32. The minimum absolute atomic E-state index is 0.0972. The number of hydrogen-bond acceptors (Lipinski definition) is 5. The van der Waals surface area contributed by atoms with Crippen molar-refractivity contribution < 1.29 is 17.9 Å². The molecule has 34 heavy (non-hydrogen) atoms. The highest BCUT2D eigenvalue weighted by molar-refractivity contribution is 7.88. The third-order valence-corrected chi connectivity index (χ3v) is 8.44. The summed E-state index contributed by atoms with van der Waals surface area (Å²) in [6.07, 6.45) is 1.36. The summed E-state index contributed by atoms with van der Waals surface area (Å²) in [6, 6.07) is 15.2. The quantitative estimate of drug-likeness (QED) is 0.596. The van der Waals surface area contributed by atoms with Gasteiger partial charge in [0, 0.05) is 44.3 Å². The van der Waals surface area contributed by atoms with Crippen LogP contribution in [0.25, 0.3) is 0 Å². The van der Waals surface area contributed by atoms with Gasteiger partial charge in [-0.3, -0.25) is 9.69 Å². The molecular weight excluding hydrogens is 474 g/mol. The lowest BCUT2D eigenvalue weighted by Crippen LogP contribution is -2.45. The molecule has 184 valence electrons. The maximum absolute atomic E-state index is 12.9. The normalized spacial score (nSPS) is 20.2. The Balaban J connectivity index is 1.27. The number of carbonyl (C=O) groups excluding carboxylic acids is 1. The van der Waals surface area contributed by atoms with Crippen LogP contribution in [0.5, 0.6) is 0 Å². The number of morpholine rings is 1. The number of carbonyl (C=O) groups is 1. The number of nitrogens with one attached hydrogen (secondary N) is 1. The van der Waals surface area contributed by atoms with Gasteiger partial charge in [-0.25, -0.2) is 12.7 Å². The first-order valence-corrected chi connectivity index (χ1v) is 13.8. The fourth-order valence-electron chi connectivity index (χ4n) is 4.45. The average Bonchev–Trinajstić information content (AvgIpc) is 2.84. The number of nitrogens with zero attached hydrogens (tertiary/aromatic N) is 2. The average molecular weight is 506 g/mol. The number of rotatable bonds is 8. The Kier molecular flexibility index (Phi) is 8.60. The third kappa shape index (κ3) is 7.02. The monoisotopic (exact) mass is 505 g/mol. The zero-order chi connectivity index (χ0) is 24.0. The van der Waals surface area contributed by atoms with Crippen molar-refractivity contribution in [3.8, 4) is 0 Å². The fraction of sp³-hybridized carbons (Fsp3) is 0.480. The molecule has 1 atom stereocenters. The Morgan fingerprint density at radius 3 is 2.50 bits per heavy atom. The number of halogens is 1. The van der Waals surface area contributed by atoms with Gasteiger partial charge in [0.15, 0.2) is 0 Å². The Morgan fingerprint density at radius 1 is 1.03 bits per heavy atom. The van der Waals surface area contributed by atoms with E-state index in [4.69, 9.17) is 16.3 Å². The molecular formula is C25H32ClN3O4S. The van der Waals surface area contributed by atoms with Gasteiger partial charge >= 0.3 is 0 Å². The summed E-state index contributed by atoms with van der Waals surface area (Å²) in [5.41, 5.74) is 2.92. The number of benzene rings is 2. The number of piperidine rings is 1. The lowest BCUT2D eigenvalue weighted by molar-refractivity contribution is -0.126. The molecule has 2 fully saturated rings. The van der Waals surface area contributed by atoms with Gasteiger partial charge in [-0.2, -0.15) is 0 Å². The van der Waals surface area contributed by atoms with Gasteiger partial charge in [0.25, 0.3) is 0 Å². The second-order valence-corrected chi connectivity index (χ2v) is 11.4. The van der Waals surface area contributed by atoms with Gasteiger partial charge in [-0.15, -0.1) is 0 Å². The SMILES string of the molecule is O=C(NCc1ccc(CN2CCOCC2)cc1)[C@@H]1CCCN(S(=O)(=O)Cc2cccc(Cl)c2)C1. The van der Waals surface area contributed by atoms with E-state index in [1.807, 2.05) is 12.1 Å². The Morgan fingerprint density at radius 2 is 1.76 bits per heavy atom. The van der Waals surface area contributed by atoms with E-state index in [0.717, 1.165) is 38.4 Å². The summed E-state index contributed by atoms with van der Waals surface area (Å²) in [4.78, 5) is 15.2. The summed E-state index contributed by atoms with van der Waals surface area (Å²) in [6.45, 7) is 5.45. The van der Waals surface area contributed by atoms with Crippen LogP contribution in [0.3, 0.4) is 0 Å². The largest absolute Gasteiger partial charge is 0.379 e. The molecule has 2 aromatic rings. The lowest BCUT2D eigenvalue weighted by atomic mass is 9.98. The van der Waals surface area contributed by atoms with Crippen LogP contribution in [0.1, 0.15) is 29.5 Å². The smallest absolute Gasteiger partial charge is 0.224 e. The molecule has 2 aliphatic rings. The zero-order valence-electron chi connectivity index (χ0n) is 19.3. The van der Waals surface area contributed by atoms with Gasteiger partial charge in [0.2, 0.25) is 15.9 Å². The van der Waals surface area contributed by atoms with Crippen molar-refractivity contribution in [3.63, 3.8) is 0 Å². The molecule has 9 heteroatoms. The van der Waals surface area contributed by atoms with Gasteiger partial charge in [-0.1, -0.05) is 48.0 Å². The van der Waals surface area contributed by atoms with Crippen LogP contribution in [0.15, 0.2) is 48.5 Å². The molecule has 2 heterocycles. The molecule has 2 saturated heterocycles. The number of amides is 1. The standard InChI is InChI=1S/C25H32ClN3O4S/c26-24-5-1-3-22(15-24)19-34(31,32)29-10-2-4-23(18-29)25(30)27-16-20-6-8-21(9-7-20)17-28-11-13-33-14-12-28/h1,3,5-9,15,23H,2,4,10-14,16-19H2,(H,27,30)/t23-/m1/s1. The third-order valence-electron chi connectivity index (χ3n) is 6.39. The van der Waals surface area contributed by atoms with E-state index in [-0.39, 0.29) is 24.1 Å². The van der Waals surface area contributed by atoms with E-state index in [1.165, 1.54) is 9.87 Å². The molecule has 2 aromatic carbocycles. The van der Waals surface area contributed by atoms with Crippen molar-refractivity contribution in [3.05, 3.63) is 70.2 Å². The van der Waals surface area contributed by atoms with Crippen LogP contribution in [-0.4, -0.2) is 62.9 Å². The van der Waals surface area contributed by atoms with Crippen molar-refractivity contribution in [2.45, 2.75) is 31.7 Å². The molecule has 4 rings (SSSR count). The van der Waals surface area contributed by atoms with Crippen molar-refractivity contribution in [1.82, 2.24) is 14.5 Å². The van der Waals surface area contributed by atoms with E-state index < -0.39 is 10.0 Å². The highest BCUT2D eigenvalue weighted by atomic mass is 35.5. The van der Waals surface area contributed by atoms with Gasteiger partial charge in [-0.05, 0) is 41.7 Å². The summed E-state index contributed by atoms with van der Waals surface area (Å²) in [5.74, 6) is -0.554. The predicted molar refractivity (Wildman–Crippen MR) is 133 cm³/mol. The molecule has 0 unspecified atom stereocenters. The zero-order valence-corrected chi connectivity index (χ0v) is 20.9. The van der Waals surface area contributed by atoms with Crippen molar-refractivity contribution >= 4 is 27.5 Å². The Bertz CT molecular complexity index is 1070. The van der Waals surface area contributed by atoms with Crippen LogP contribution in [0.4, 0.5) is 0 Å². The van der Waals surface area contributed by atoms with Gasteiger partial charge in [0.05, 0.1) is 24.9 Å². The Labute approximate surface area is 207 Å². The topological polar surface area (TPSA) is 79.0 Å². The molecule has 0 bridgehead atoms. The van der Waals surface area contributed by atoms with Crippen LogP contribution in [0, 0.1) is 5.92 Å². The molecule has 0 saturated carbocycles. The Hall–Kier alpha value is -1.97. The first-order valence-electron chi connectivity index (χ1n) is 11.8. The summed E-state index contributed by atoms with van der Waals surface area (Å²) < 4.78 is 32.7. The summed E-state index contributed by atoms with van der Waals surface area (Å²) in [5, 5.41) is 3.51. The van der Waals surface area contributed by atoms with Crippen molar-refractivity contribution in [2.24, 2.45) is 5.92 Å². The second-order valence-electron chi connectivity index (χ2n) is 9.01. The number of hydrogen-bond donors (Lipinski definition) is 1. The van der Waals surface area contributed by atoms with Gasteiger partial charge in [0.1, 0.15) is 0 Å². The lowest BCUT2D eigenvalue weighted by Gasteiger charge is -2.31. The second kappa shape index (κ2) is 11.6. The molecule has 0 aliphatic carbocycles. The molecule has 0 radical (unpaired) electrons. The van der Waals surface area contributed by atoms with Crippen LogP contribution < -0.4 is 5.32 Å². The van der Waals surface area contributed by atoms with E-state index in [1.54, 1.807) is 24.3 Å². The molecule has 7 nitrogen and oxygen atoms in total. The van der Waals surface area contributed by atoms with E-state index in [2.05, 4.69) is 22.3 Å². The molecule has 2 aliphatic heterocycles. The minimum Gasteiger partial charge on any atom is -0.379 e. The van der Waals surface area contributed by atoms with Crippen LogP contribution >= 0.6 is 11.6 Å².